The monoisotopic (exact) mass is 408 g/mol. The van der Waals surface area contributed by atoms with Gasteiger partial charge in [0, 0.05) is 11.6 Å². The number of rotatable bonds is 5. The van der Waals surface area contributed by atoms with E-state index in [0.717, 1.165) is 46.4 Å². The number of aromatic nitrogens is 4. The lowest BCUT2D eigenvalue weighted by Gasteiger charge is -2.17. The van der Waals surface area contributed by atoms with Crippen LogP contribution < -0.4 is 11.2 Å². The van der Waals surface area contributed by atoms with Crippen molar-refractivity contribution in [2.24, 2.45) is 0 Å². The van der Waals surface area contributed by atoms with E-state index in [9.17, 15) is 9.59 Å². The Morgan fingerprint density at radius 3 is 2.48 bits per heavy atom. The minimum absolute atomic E-state index is 0.193. The minimum atomic E-state index is -0.651. The third kappa shape index (κ3) is 3.93. The molecule has 2 aromatic carbocycles. The van der Waals surface area contributed by atoms with E-state index in [1.165, 1.54) is 5.56 Å². The average Bonchev–Trinajstić information content (AvgIpc) is 2.68. The zero-order valence-corrected chi connectivity index (χ0v) is 17.1. The van der Waals surface area contributed by atoms with Gasteiger partial charge in [0.25, 0.3) is 5.56 Å². The normalized spacial score (nSPS) is 11.4. The summed E-state index contributed by atoms with van der Waals surface area (Å²) < 4.78 is 1.95. The zero-order valence-electron chi connectivity index (χ0n) is 16.3. The molecule has 2 heterocycles. The molecule has 0 atom stereocenters. The molecule has 4 rings (SSSR count). The number of hydrogen-bond acceptors (Lipinski definition) is 4. The van der Waals surface area contributed by atoms with Crippen LogP contribution in [0, 0.1) is 13.8 Å². The van der Waals surface area contributed by atoms with Crippen LogP contribution in [0.15, 0.2) is 46.0 Å². The molecular weight excluding hydrogens is 388 g/mol. The van der Waals surface area contributed by atoms with Gasteiger partial charge in [-0.3, -0.25) is 9.78 Å². The number of nitrogens with zero attached hydrogens (tertiary/aromatic N) is 3. The number of fused-ring (bicyclic) bond motifs is 2. The van der Waals surface area contributed by atoms with Gasteiger partial charge in [-0.2, -0.15) is 4.98 Å². The first kappa shape index (κ1) is 19.3. The van der Waals surface area contributed by atoms with E-state index >= 15 is 0 Å². The molecule has 2 aliphatic heterocycles. The van der Waals surface area contributed by atoms with Gasteiger partial charge in [-0.1, -0.05) is 23.7 Å². The van der Waals surface area contributed by atoms with Crippen LogP contribution in [0.2, 0.25) is 5.02 Å². The second-order valence-corrected chi connectivity index (χ2v) is 7.75. The molecule has 1 N–H and O–H groups in total. The van der Waals surface area contributed by atoms with Crippen LogP contribution in [-0.2, 0) is 13.0 Å². The molecule has 0 bridgehead atoms. The predicted octanol–water partition coefficient (Wildman–Crippen LogP) is 3.88. The second kappa shape index (κ2) is 7.79. The maximum Gasteiger partial charge on any atom is 0.349 e. The van der Waals surface area contributed by atoms with Crippen LogP contribution in [-0.4, -0.2) is 19.5 Å². The summed E-state index contributed by atoms with van der Waals surface area (Å²) in [6, 6.07) is 11.9. The molecule has 7 heteroatoms. The number of nitrogens with one attached hydrogen (secondary N) is 1. The number of aromatic amines is 1. The summed E-state index contributed by atoms with van der Waals surface area (Å²) in [6.45, 7) is 4.69. The van der Waals surface area contributed by atoms with Gasteiger partial charge in [-0.25, -0.2) is 9.78 Å². The summed E-state index contributed by atoms with van der Waals surface area (Å²) in [4.78, 5) is 34.9. The van der Waals surface area contributed by atoms with Crippen LogP contribution in [0.5, 0.6) is 0 Å². The molecule has 0 unspecified atom stereocenters. The van der Waals surface area contributed by atoms with E-state index in [4.69, 9.17) is 11.6 Å². The summed E-state index contributed by atoms with van der Waals surface area (Å²) in [5.74, 6) is 0.334. The van der Waals surface area contributed by atoms with Gasteiger partial charge >= 0.3 is 5.69 Å². The Bertz CT molecular complexity index is 1280. The number of H-pyrrole nitrogens is 1. The summed E-state index contributed by atoms with van der Waals surface area (Å²) in [7, 11) is 0. The van der Waals surface area contributed by atoms with E-state index in [2.05, 4.69) is 15.0 Å². The quantitative estimate of drug-likeness (QED) is 0.401. The fraction of sp³-hybridized carbons (Fsp3) is 0.273. The Morgan fingerprint density at radius 1 is 1.00 bits per heavy atom. The first-order valence-electron chi connectivity index (χ1n) is 9.58. The van der Waals surface area contributed by atoms with Crippen molar-refractivity contribution in [3.8, 4) is 11.5 Å². The zero-order chi connectivity index (χ0) is 20.5. The maximum atomic E-state index is 12.3. The Hall–Kier alpha value is -2.99. The van der Waals surface area contributed by atoms with E-state index in [1.54, 1.807) is 0 Å². The first-order chi connectivity index (χ1) is 13.9. The Labute approximate surface area is 172 Å². The standard InChI is InChI=1S/C22H21ClN4O2/c1-13-11-17-18(12-14(13)2)27(20-19(24-17)21(28)26-22(29)25-20)10-4-3-5-15-6-8-16(23)9-7-15/h6-9,11-12H,3-5,10H2,1-2H3,(H,26,28,29). The van der Waals surface area contributed by atoms with Gasteiger partial charge in [-0.05, 0) is 74.1 Å². The highest BCUT2D eigenvalue weighted by atomic mass is 35.5. The third-order valence-electron chi connectivity index (χ3n) is 5.23. The highest BCUT2D eigenvalue weighted by Gasteiger charge is 2.19. The van der Waals surface area contributed by atoms with Gasteiger partial charge in [0.2, 0.25) is 0 Å². The smallest absolute Gasteiger partial charge is 0.322 e. The van der Waals surface area contributed by atoms with Crippen LogP contribution >= 0.6 is 11.6 Å². The van der Waals surface area contributed by atoms with E-state index in [0.29, 0.717) is 12.4 Å². The molecule has 0 aromatic heterocycles. The highest BCUT2D eigenvalue weighted by molar-refractivity contribution is 6.30. The lowest BCUT2D eigenvalue weighted by Crippen LogP contribution is -2.29. The molecule has 148 valence electrons. The van der Waals surface area contributed by atoms with Crippen molar-refractivity contribution >= 4 is 22.6 Å². The van der Waals surface area contributed by atoms with Gasteiger partial charge < -0.3 is 4.57 Å². The Morgan fingerprint density at radius 2 is 1.72 bits per heavy atom. The highest BCUT2D eigenvalue weighted by Crippen LogP contribution is 2.24. The molecule has 0 saturated heterocycles. The van der Waals surface area contributed by atoms with Crippen molar-refractivity contribution in [3.63, 3.8) is 0 Å². The van der Waals surface area contributed by atoms with E-state index in [1.807, 2.05) is 54.8 Å². The average molecular weight is 409 g/mol. The van der Waals surface area contributed by atoms with Crippen molar-refractivity contribution < 1.29 is 0 Å². The van der Waals surface area contributed by atoms with Gasteiger partial charge in [0.05, 0.1) is 11.0 Å². The van der Waals surface area contributed by atoms with Crippen molar-refractivity contribution in [1.82, 2.24) is 19.5 Å². The number of aryl methyl sites for hydroxylation is 4. The second-order valence-electron chi connectivity index (χ2n) is 7.32. The van der Waals surface area contributed by atoms with Crippen molar-refractivity contribution in [2.75, 3.05) is 0 Å². The molecule has 0 aliphatic carbocycles. The largest absolute Gasteiger partial charge is 0.349 e. The van der Waals surface area contributed by atoms with Crippen molar-refractivity contribution in [1.29, 1.82) is 0 Å². The van der Waals surface area contributed by atoms with Crippen molar-refractivity contribution in [3.05, 3.63) is 78.9 Å². The molecule has 6 nitrogen and oxygen atoms in total. The fourth-order valence-corrected chi connectivity index (χ4v) is 3.65. The summed E-state index contributed by atoms with van der Waals surface area (Å²) in [5, 5.41) is 0.731. The molecule has 2 aromatic rings. The molecule has 29 heavy (non-hydrogen) atoms. The molecule has 0 spiro atoms. The molecule has 0 fully saturated rings. The molecule has 0 saturated carbocycles. The van der Waals surface area contributed by atoms with Crippen LogP contribution in [0.1, 0.15) is 29.5 Å². The number of benzene rings is 2. The lowest BCUT2D eigenvalue weighted by atomic mass is 10.1. The summed E-state index contributed by atoms with van der Waals surface area (Å²) in [6.07, 6.45) is 2.76. The molecule has 2 aliphatic rings. The predicted molar refractivity (Wildman–Crippen MR) is 115 cm³/mol. The first-order valence-corrected chi connectivity index (χ1v) is 9.96. The maximum absolute atomic E-state index is 12.3. The number of unbranched alkanes of at least 4 members (excludes halogenated alkanes) is 1. The number of halogens is 1. The van der Waals surface area contributed by atoms with Gasteiger partial charge in [0.1, 0.15) is 0 Å². The number of hydrogen-bond donors (Lipinski definition) is 1. The van der Waals surface area contributed by atoms with Gasteiger partial charge in [-0.15, -0.1) is 0 Å². The summed E-state index contributed by atoms with van der Waals surface area (Å²) in [5.41, 5.74) is 4.10. The van der Waals surface area contributed by atoms with E-state index < -0.39 is 11.2 Å². The third-order valence-corrected chi connectivity index (χ3v) is 5.49. The Balaban J connectivity index is 1.70. The summed E-state index contributed by atoms with van der Waals surface area (Å²) >= 11 is 5.94. The Kier molecular flexibility index (Phi) is 5.20. The van der Waals surface area contributed by atoms with E-state index in [-0.39, 0.29) is 5.69 Å². The molecule has 0 radical (unpaired) electrons. The van der Waals surface area contributed by atoms with Crippen LogP contribution in [0.25, 0.3) is 22.6 Å². The van der Waals surface area contributed by atoms with Crippen molar-refractivity contribution in [2.45, 2.75) is 39.7 Å². The fourth-order valence-electron chi connectivity index (χ4n) is 3.53. The topological polar surface area (TPSA) is 80.6 Å². The van der Waals surface area contributed by atoms with Crippen LogP contribution in [0.3, 0.4) is 0 Å². The van der Waals surface area contributed by atoms with Crippen LogP contribution in [0.4, 0.5) is 0 Å². The molecule has 0 amide bonds. The minimum Gasteiger partial charge on any atom is -0.322 e. The molecular formula is C22H21ClN4O2. The lowest BCUT2D eigenvalue weighted by molar-refractivity contribution is 0.615. The van der Waals surface area contributed by atoms with Gasteiger partial charge in [0.15, 0.2) is 11.5 Å². The SMILES string of the molecule is Cc1cc2nc3c(=O)[nH]c(=O)nc-3n(CCCCc3ccc(Cl)cc3)c2cc1C.